The Balaban J connectivity index is 1.87. The number of carbonyl (C=O) groups excluding carboxylic acids is 3. The second-order valence-electron chi connectivity index (χ2n) is 6.32. The Morgan fingerprint density at radius 3 is 2.68 bits per heavy atom. The SMILES string of the molecule is CNC(=O)CCc1ccccc1NC(=O)CCN1CCCCCC1=O. The van der Waals surface area contributed by atoms with E-state index in [4.69, 9.17) is 0 Å². The third-order valence-corrected chi connectivity index (χ3v) is 4.47. The van der Waals surface area contributed by atoms with Crippen molar-refractivity contribution >= 4 is 23.4 Å². The van der Waals surface area contributed by atoms with Crippen molar-refractivity contribution in [1.82, 2.24) is 10.2 Å². The second-order valence-corrected chi connectivity index (χ2v) is 6.32. The van der Waals surface area contributed by atoms with Crippen LogP contribution in [0.15, 0.2) is 24.3 Å². The smallest absolute Gasteiger partial charge is 0.226 e. The summed E-state index contributed by atoms with van der Waals surface area (Å²) in [6, 6.07) is 7.51. The molecule has 1 heterocycles. The van der Waals surface area contributed by atoms with Gasteiger partial charge in [-0.25, -0.2) is 0 Å². The topological polar surface area (TPSA) is 78.5 Å². The normalized spacial score (nSPS) is 14.8. The van der Waals surface area contributed by atoms with Crippen molar-refractivity contribution in [2.45, 2.75) is 44.9 Å². The summed E-state index contributed by atoms with van der Waals surface area (Å²) in [4.78, 5) is 37.5. The molecule has 6 nitrogen and oxygen atoms in total. The van der Waals surface area contributed by atoms with Gasteiger partial charge in [-0.3, -0.25) is 14.4 Å². The minimum Gasteiger partial charge on any atom is -0.359 e. The molecule has 0 aromatic heterocycles. The van der Waals surface area contributed by atoms with Gasteiger partial charge in [0.25, 0.3) is 0 Å². The van der Waals surface area contributed by atoms with Crippen LogP contribution in [0.1, 0.15) is 44.1 Å². The summed E-state index contributed by atoms with van der Waals surface area (Å²) in [6.45, 7) is 1.21. The molecule has 136 valence electrons. The van der Waals surface area contributed by atoms with Gasteiger partial charge >= 0.3 is 0 Å². The van der Waals surface area contributed by atoms with E-state index in [2.05, 4.69) is 10.6 Å². The van der Waals surface area contributed by atoms with E-state index in [-0.39, 0.29) is 24.1 Å². The number of amides is 3. The molecule has 25 heavy (non-hydrogen) atoms. The lowest BCUT2D eigenvalue weighted by molar-refractivity contribution is -0.131. The van der Waals surface area contributed by atoms with Gasteiger partial charge in [0.15, 0.2) is 0 Å². The van der Waals surface area contributed by atoms with E-state index in [1.54, 1.807) is 11.9 Å². The first-order valence-corrected chi connectivity index (χ1v) is 8.96. The predicted molar refractivity (Wildman–Crippen MR) is 97.1 cm³/mol. The number of carbonyl (C=O) groups is 3. The van der Waals surface area contributed by atoms with Gasteiger partial charge in [-0.05, 0) is 30.9 Å². The molecular weight excluding hydrogens is 318 g/mol. The van der Waals surface area contributed by atoms with Gasteiger partial charge < -0.3 is 15.5 Å². The Hall–Kier alpha value is -2.37. The highest BCUT2D eigenvalue weighted by atomic mass is 16.2. The highest BCUT2D eigenvalue weighted by molar-refractivity contribution is 5.92. The molecule has 0 spiro atoms. The minimum atomic E-state index is -0.107. The van der Waals surface area contributed by atoms with E-state index in [0.29, 0.717) is 25.8 Å². The maximum Gasteiger partial charge on any atom is 0.226 e. The Kier molecular flexibility index (Phi) is 7.44. The monoisotopic (exact) mass is 345 g/mol. The van der Waals surface area contributed by atoms with E-state index in [9.17, 15) is 14.4 Å². The summed E-state index contributed by atoms with van der Waals surface area (Å²) in [6.07, 6.45) is 4.86. The van der Waals surface area contributed by atoms with Crippen molar-refractivity contribution in [1.29, 1.82) is 0 Å². The van der Waals surface area contributed by atoms with Crippen LogP contribution in [0.3, 0.4) is 0 Å². The van der Waals surface area contributed by atoms with Crippen LogP contribution in [0.4, 0.5) is 5.69 Å². The van der Waals surface area contributed by atoms with E-state index in [0.717, 1.165) is 37.1 Å². The van der Waals surface area contributed by atoms with Gasteiger partial charge in [-0.15, -0.1) is 0 Å². The van der Waals surface area contributed by atoms with E-state index < -0.39 is 0 Å². The van der Waals surface area contributed by atoms with Crippen LogP contribution in [-0.2, 0) is 20.8 Å². The molecule has 6 heteroatoms. The average Bonchev–Trinajstić information content (AvgIpc) is 2.83. The first-order chi connectivity index (χ1) is 12.1. The Labute approximate surface area is 149 Å². The van der Waals surface area contributed by atoms with Crippen LogP contribution in [-0.4, -0.2) is 42.8 Å². The maximum absolute atomic E-state index is 12.3. The Morgan fingerprint density at radius 2 is 1.88 bits per heavy atom. The van der Waals surface area contributed by atoms with Crippen molar-refractivity contribution in [3.63, 3.8) is 0 Å². The fourth-order valence-corrected chi connectivity index (χ4v) is 2.96. The van der Waals surface area contributed by atoms with Gasteiger partial charge in [-0.2, -0.15) is 0 Å². The van der Waals surface area contributed by atoms with E-state index in [1.807, 2.05) is 24.3 Å². The van der Waals surface area contributed by atoms with Gasteiger partial charge in [0, 0.05) is 45.1 Å². The molecule has 2 rings (SSSR count). The molecule has 0 bridgehead atoms. The van der Waals surface area contributed by atoms with Crippen molar-refractivity contribution < 1.29 is 14.4 Å². The summed E-state index contributed by atoms with van der Waals surface area (Å²) in [5, 5.41) is 5.51. The number of hydrogen-bond acceptors (Lipinski definition) is 3. The number of benzene rings is 1. The Bertz CT molecular complexity index is 616. The highest BCUT2D eigenvalue weighted by Crippen LogP contribution is 2.17. The van der Waals surface area contributed by atoms with Crippen LogP contribution in [0.5, 0.6) is 0 Å². The fourth-order valence-electron chi connectivity index (χ4n) is 2.96. The number of aryl methyl sites for hydroxylation is 1. The maximum atomic E-state index is 12.3. The highest BCUT2D eigenvalue weighted by Gasteiger charge is 2.17. The largest absolute Gasteiger partial charge is 0.359 e. The third-order valence-electron chi connectivity index (χ3n) is 4.47. The van der Waals surface area contributed by atoms with Crippen LogP contribution in [0.25, 0.3) is 0 Å². The number of hydrogen-bond donors (Lipinski definition) is 2. The molecule has 1 saturated heterocycles. The zero-order chi connectivity index (χ0) is 18.1. The molecule has 3 amide bonds. The molecule has 1 aromatic carbocycles. The molecule has 1 aliphatic heterocycles. The lowest BCUT2D eigenvalue weighted by Gasteiger charge is -2.20. The summed E-state index contributed by atoms with van der Waals surface area (Å²) >= 11 is 0. The van der Waals surface area contributed by atoms with Gasteiger partial charge in [-0.1, -0.05) is 24.6 Å². The van der Waals surface area contributed by atoms with Crippen LogP contribution in [0, 0.1) is 0 Å². The zero-order valence-electron chi connectivity index (χ0n) is 14.8. The molecule has 0 atom stereocenters. The molecule has 1 aromatic rings. The first-order valence-electron chi connectivity index (χ1n) is 8.96. The quantitative estimate of drug-likeness (QED) is 0.794. The molecule has 1 fully saturated rings. The predicted octanol–water partition coefficient (Wildman–Crippen LogP) is 2.10. The number of anilines is 1. The lowest BCUT2D eigenvalue weighted by atomic mass is 10.1. The summed E-state index contributed by atoms with van der Waals surface area (Å²) < 4.78 is 0. The summed E-state index contributed by atoms with van der Waals surface area (Å²) in [5.74, 6) is 0.0153. The third kappa shape index (κ3) is 6.21. The van der Waals surface area contributed by atoms with Crippen LogP contribution < -0.4 is 10.6 Å². The molecule has 0 aliphatic carbocycles. The molecule has 0 unspecified atom stereocenters. The van der Waals surface area contributed by atoms with Crippen molar-refractivity contribution in [3.8, 4) is 0 Å². The Morgan fingerprint density at radius 1 is 1.08 bits per heavy atom. The van der Waals surface area contributed by atoms with Crippen molar-refractivity contribution in [2.24, 2.45) is 0 Å². The number of nitrogens with zero attached hydrogens (tertiary/aromatic N) is 1. The van der Waals surface area contributed by atoms with Crippen molar-refractivity contribution in [3.05, 3.63) is 29.8 Å². The van der Waals surface area contributed by atoms with Gasteiger partial charge in [0.05, 0.1) is 0 Å². The number of likely N-dealkylation sites (tertiary alicyclic amines) is 1. The fraction of sp³-hybridized carbons (Fsp3) is 0.526. The minimum absolute atomic E-state index is 0.0270. The number of rotatable bonds is 7. The van der Waals surface area contributed by atoms with Crippen LogP contribution in [0.2, 0.25) is 0 Å². The van der Waals surface area contributed by atoms with Crippen LogP contribution >= 0.6 is 0 Å². The molecular formula is C19H27N3O3. The molecule has 1 aliphatic rings. The summed E-state index contributed by atoms with van der Waals surface area (Å²) in [7, 11) is 1.61. The van der Waals surface area contributed by atoms with E-state index in [1.165, 1.54) is 0 Å². The molecule has 0 radical (unpaired) electrons. The number of para-hydroxylation sites is 1. The van der Waals surface area contributed by atoms with Gasteiger partial charge in [0.2, 0.25) is 17.7 Å². The first kappa shape index (κ1) is 19.0. The number of nitrogens with one attached hydrogen (secondary N) is 2. The van der Waals surface area contributed by atoms with Gasteiger partial charge in [0.1, 0.15) is 0 Å². The van der Waals surface area contributed by atoms with E-state index >= 15 is 0 Å². The average molecular weight is 345 g/mol. The lowest BCUT2D eigenvalue weighted by Crippen LogP contribution is -2.33. The molecule has 2 N–H and O–H groups in total. The van der Waals surface area contributed by atoms with Crippen molar-refractivity contribution in [2.75, 3.05) is 25.5 Å². The zero-order valence-corrected chi connectivity index (χ0v) is 14.8. The molecule has 0 saturated carbocycles. The summed E-state index contributed by atoms with van der Waals surface area (Å²) in [5.41, 5.74) is 1.67. The standard InChI is InChI=1S/C19H27N3O3/c1-20-17(23)11-10-15-7-4-5-8-16(15)21-18(24)12-14-22-13-6-2-3-9-19(22)25/h4-5,7-8H,2-3,6,9-14H2,1H3,(H,20,23)(H,21,24). The second kappa shape index (κ2) is 9.81.